The number of likely N-dealkylation sites (N-methyl/N-ethyl adjacent to an activating group) is 1. The molecule has 1 unspecified atom stereocenters. The second-order valence-corrected chi connectivity index (χ2v) is 4.13. The normalized spacial score (nSPS) is 21.7. The van der Waals surface area contributed by atoms with E-state index in [1.54, 1.807) is 0 Å². The first-order valence-corrected chi connectivity index (χ1v) is 5.24. The number of nitrogens with zero attached hydrogens (tertiary/aromatic N) is 1. The van der Waals surface area contributed by atoms with Gasteiger partial charge < -0.3 is 4.74 Å². The highest BCUT2D eigenvalue weighted by atomic mass is 19.4. The van der Waals surface area contributed by atoms with Gasteiger partial charge in [-0.25, -0.2) is 0 Å². The molecule has 1 saturated heterocycles. The molecule has 1 aliphatic heterocycles. The number of halogens is 3. The molecule has 16 heavy (non-hydrogen) atoms. The Morgan fingerprint density at radius 2 is 2.19 bits per heavy atom. The van der Waals surface area contributed by atoms with Gasteiger partial charge in [-0.3, -0.25) is 9.69 Å². The van der Waals surface area contributed by atoms with Crippen LogP contribution in [0.1, 0.15) is 12.8 Å². The zero-order chi connectivity index (χ0) is 12.2. The molecule has 0 saturated carbocycles. The first-order chi connectivity index (χ1) is 7.38. The molecule has 1 aliphatic rings. The molecule has 0 aromatic heterocycles. The van der Waals surface area contributed by atoms with E-state index >= 15 is 0 Å². The van der Waals surface area contributed by atoms with Crippen molar-refractivity contribution in [3.05, 3.63) is 0 Å². The number of hydrogen-bond donors (Lipinski definition) is 0. The molecule has 0 aliphatic carbocycles. The summed E-state index contributed by atoms with van der Waals surface area (Å²) < 4.78 is 40.8. The summed E-state index contributed by atoms with van der Waals surface area (Å²) in [6.45, 7) is 0.918. The molecule has 1 rings (SSSR count). The topological polar surface area (TPSA) is 29.5 Å². The van der Waals surface area contributed by atoms with Crippen molar-refractivity contribution in [1.29, 1.82) is 0 Å². The number of rotatable bonds is 5. The Balaban J connectivity index is 2.22. The lowest BCUT2D eigenvalue weighted by molar-refractivity contribution is -0.139. The third kappa shape index (κ3) is 4.94. The average Bonchev–Trinajstić information content (AvgIpc) is 2.66. The summed E-state index contributed by atoms with van der Waals surface area (Å²) in [5.74, 6) is -0.157. The Labute approximate surface area is 92.5 Å². The highest BCUT2D eigenvalue weighted by Gasteiger charge is 2.28. The lowest BCUT2D eigenvalue weighted by Crippen LogP contribution is -2.33. The van der Waals surface area contributed by atoms with Crippen LogP contribution in [0.4, 0.5) is 13.2 Å². The summed E-state index contributed by atoms with van der Waals surface area (Å²) in [7, 11) is 1.53. The summed E-state index contributed by atoms with van der Waals surface area (Å²) in [6, 6.07) is 0. The predicted octanol–water partition coefficient (Wildman–Crippen LogP) is 1.48. The Morgan fingerprint density at radius 1 is 1.50 bits per heavy atom. The highest BCUT2D eigenvalue weighted by molar-refractivity contribution is 5.83. The minimum atomic E-state index is -4.16. The van der Waals surface area contributed by atoms with Crippen LogP contribution in [0.3, 0.4) is 0 Å². The third-order valence-electron chi connectivity index (χ3n) is 2.59. The zero-order valence-electron chi connectivity index (χ0n) is 9.22. The Hall–Kier alpha value is -0.620. The van der Waals surface area contributed by atoms with E-state index in [0.29, 0.717) is 19.6 Å². The molecule has 94 valence electrons. The minimum Gasteiger partial charge on any atom is -0.381 e. The maximum atomic E-state index is 11.9. The molecule has 0 radical (unpaired) electrons. The van der Waals surface area contributed by atoms with Gasteiger partial charge in [-0.05, 0) is 13.5 Å². The van der Waals surface area contributed by atoms with Gasteiger partial charge in [-0.1, -0.05) is 0 Å². The monoisotopic (exact) mass is 239 g/mol. The molecule has 6 heteroatoms. The van der Waals surface area contributed by atoms with Crippen LogP contribution in [0.15, 0.2) is 0 Å². The van der Waals surface area contributed by atoms with Crippen molar-refractivity contribution in [1.82, 2.24) is 4.90 Å². The van der Waals surface area contributed by atoms with Gasteiger partial charge >= 0.3 is 6.18 Å². The average molecular weight is 239 g/mol. The number of ketones is 1. The molecule has 3 nitrogen and oxygen atoms in total. The smallest absolute Gasteiger partial charge is 0.381 e. The summed E-state index contributed by atoms with van der Waals surface area (Å²) in [4.78, 5) is 13.0. The summed E-state index contributed by atoms with van der Waals surface area (Å²) >= 11 is 0. The van der Waals surface area contributed by atoms with Crippen molar-refractivity contribution in [2.75, 3.05) is 33.4 Å². The Kier molecular flexibility index (Phi) is 4.73. The lowest BCUT2D eigenvalue weighted by atomic mass is 10.0. The summed E-state index contributed by atoms with van der Waals surface area (Å²) in [5.41, 5.74) is 0. The van der Waals surface area contributed by atoms with Crippen LogP contribution < -0.4 is 0 Å². The van der Waals surface area contributed by atoms with Gasteiger partial charge in [-0.15, -0.1) is 0 Å². The maximum absolute atomic E-state index is 11.9. The molecular formula is C10H16F3NO2. The van der Waals surface area contributed by atoms with Crippen molar-refractivity contribution in [2.45, 2.75) is 19.0 Å². The van der Waals surface area contributed by atoms with Crippen molar-refractivity contribution >= 4 is 5.78 Å². The van der Waals surface area contributed by atoms with Gasteiger partial charge in [0.2, 0.25) is 0 Å². The molecule has 0 N–H and O–H groups in total. The van der Waals surface area contributed by atoms with Crippen molar-refractivity contribution in [3.63, 3.8) is 0 Å². The zero-order valence-corrected chi connectivity index (χ0v) is 9.22. The first-order valence-electron chi connectivity index (χ1n) is 5.24. The van der Waals surface area contributed by atoms with Crippen molar-refractivity contribution in [2.24, 2.45) is 5.92 Å². The fourth-order valence-electron chi connectivity index (χ4n) is 1.58. The quantitative estimate of drug-likeness (QED) is 0.727. The van der Waals surface area contributed by atoms with E-state index in [9.17, 15) is 18.0 Å². The first kappa shape index (κ1) is 13.4. The number of ether oxygens (including phenoxy) is 1. The van der Waals surface area contributed by atoms with Crippen LogP contribution in [0.5, 0.6) is 0 Å². The van der Waals surface area contributed by atoms with Gasteiger partial charge in [-0.2, -0.15) is 13.2 Å². The summed E-state index contributed by atoms with van der Waals surface area (Å²) in [6.07, 6.45) is -4.35. The second-order valence-electron chi connectivity index (χ2n) is 4.13. The van der Waals surface area contributed by atoms with Crippen LogP contribution >= 0.6 is 0 Å². The van der Waals surface area contributed by atoms with Crippen molar-refractivity contribution < 1.29 is 22.7 Å². The molecule has 0 spiro atoms. The minimum absolute atomic E-state index is 0.0258. The van der Waals surface area contributed by atoms with Crippen LogP contribution in [0.2, 0.25) is 0 Å². The molecule has 0 amide bonds. The molecule has 1 atom stereocenters. The predicted molar refractivity (Wildman–Crippen MR) is 52.1 cm³/mol. The highest BCUT2D eigenvalue weighted by Crippen LogP contribution is 2.19. The van der Waals surface area contributed by atoms with Gasteiger partial charge in [0.1, 0.15) is 0 Å². The molecular weight excluding hydrogens is 223 g/mol. The number of Topliss-reactive ketones (excluding diaryl/α,β-unsaturated/α-hetero) is 1. The van der Waals surface area contributed by atoms with E-state index in [4.69, 9.17) is 4.74 Å². The SMILES string of the molecule is CN(CCC(F)(F)F)CC(=O)C1CCOC1. The van der Waals surface area contributed by atoms with Gasteiger partial charge in [0.15, 0.2) is 5.78 Å². The summed E-state index contributed by atoms with van der Waals surface area (Å²) in [5, 5.41) is 0. The van der Waals surface area contributed by atoms with E-state index in [-0.39, 0.29) is 24.8 Å². The van der Waals surface area contributed by atoms with E-state index in [1.807, 2.05) is 0 Å². The van der Waals surface area contributed by atoms with Crippen molar-refractivity contribution in [3.8, 4) is 0 Å². The lowest BCUT2D eigenvalue weighted by Gasteiger charge is -2.18. The van der Waals surface area contributed by atoms with Gasteiger partial charge in [0.05, 0.1) is 19.6 Å². The van der Waals surface area contributed by atoms with E-state index in [2.05, 4.69) is 0 Å². The molecule has 1 heterocycles. The number of alkyl halides is 3. The Morgan fingerprint density at radius 3 is 2.69 bits per heavy atom. The molecule has 0 aromatic rings. The molecule has 0 aromatic carbocycles. The number of hydrogen-bond acceptors (Lipinski definition) is 3. The van der Waals surface area contributed by atoms with E-state index in [0.717, 1.165) is 0 Å². The Bertz CT molecular complexity index is 237. The number of carbonyl (C=O) groups is 1. The fraction of sp³-hybridized carbons (Fsp3) is 0.900. The second kappa shape index (κ2) is 5.63. The third-order valence-corrected chi connectivity index (χ3v) is 2.59. The van der Waals surface area contributed by atoms with Crippen LogP contribution in [-0.4, -0.2) is 50.2 Å². The standard InChI is InChI=1S/C10H16F3NO2/c1-14(4-3-10(11,12)13)6-9(15)8-2-5-16-7-8/h8H,2-7H2,1H3. The fourth-order valence-corrected chi connectivity index (χ4v) is 1.58. The van der Waals surface area contributed by atoms with E-state index < -0.39 is 12.6 Å². The molecule has 0 bridgehead atoms. The van der Waals surface area contributed by atoms with Crippen LogP contribution in [-0.2, 0) is 9.53 Å². The van der Waals surface area contributed by atoms with Gasteiger partial charge in [0, 0.05) is 19.1 Å². The maximum Gasteiger partial charge on any atom is 0.390 e. The number of carbonyl (C=O) groups excluding carboxylic acids is 1. The van der Waals surface area contributed by atoms with E-state index in [1.165, 1.54) is 11.9 Å². The van der Waals surface area contributed by atoms with Crippen LogP contribution in [0.25, 0.3) is 0 Å². The molecule has 1 fully saturated rings. The van der Waals surface area contributed by atoms with Gasteiger partial charge in [0.25, 0.3) is 0 Å². The largest absolute Gasteiger partial charge is 0.390 e. The van der Waals surface area contributed by atoms with Crippen LogP contribution in [0, 0.1) is 5.92 Å².